The van der Waals surface area contributed by atoms with Gasteiger partial charge in [0.05, 0.1) is 6.10 Å². The van der Waals surface area contributed by atoms with Gasteiger partial charge in [-0.2, -0.15) is 0 Å². The van der Waals surface area contributed by atoms with Gasteiger partial charge in [0.25, 0.3) is 0 Å². The van der Waals surface area contributed by atoms with E-state index in [9.17, 15) is 4.79 Å². The molecule has 2 aliphatic heterocycles. The predicted octanol–water partition coefficient (Wildman–Crippen LogP) is 2.54. The van der Waals surface area contributed by atoms with Gasteiger partial charge in [0, 0.05) is 31.8 Å². The van der Waals surface area contributed by atoms with E-state index in [1.165, 1.54) is 0 Å². The minimum atomic E-state index is -0.419. The highest BCUT2D eigenvalue weighted by Crippen LogP contribution is 2.19. The highest BCUT2D eigenvalue weighted by Gasteiger charge is 2.29. The van der Waals surface area contributed by atoms with Crippen LogP contribution in [-0.4, -0.2) is 54.5 Å². The molecule has 0 bridgehead atoms. The number of ether oxygens (including phenoxy) is 2. The predicted molar refractivity (Wildman–Crippen MR) is 82.4 cm³/mol. The molecule has 2 aliphatic rings. The number of carbonyl (C=O) groups excluding carboxylic acids is 1. The molecule has 1 N–H and O–H groups in total. The Labute approximate surface area is 128 Å². The first kappa shape index (κ1) is 16.6. The number of hydrogen-bond donors (Lipinski definition) is 1. The third-order valence-corrected chi connectivity index (χ3v) is 4.21. The Kier molecular flexibility index (Phi) is 5.49. The minimum Gasteiger partial charge on any atom is -0.444 e. The Balaban J connectivity index is 1.80. The molecule has 0 saturated carbocycles. The van der Waals surface area contributed by atoms with Crippen molar-refractivity contribution < 1.29 is 14.3 Å². The maximum absolute atomic E-state index is 12.1. The van der Waals surface area contributed by atoms with Crippen LogP contribution in [0.15, 0.2) is 0 Å². The first-order valence-corrected chi connectivity index (χ1v) is 8.21. The van der Waals surface area contributed by atoms with Gasteiger partial charge in [0.1, 0.15) is 5.60 Å². The number of rotatable bonds is 2. The van der Waals surface area contributed by atoms with Gasteiger partial charge in [-0.15, -0.1) is 0 Å². The van der Waals surface area contributed by atoms with E-state index in [-0.39, 0.29) is 6.09 Å². The van der Waals surface area contributed by atoms with Crippen molar-refractivity contribution in [2.45, 2.75) is 77.2 Å². The molecule has 0 aromatic heterocycles. The fraction of sp³-hybridized carbons (Fsp3) is 0.938. The van der Waals surface area contributed by atoms with E-state index in [1.807, 2.05) is 25.7 Å². The molecule has 0 aromatic rings. The maximum Gasteiger partial charge on any atom is 0.410 e. The van der Waals surface area contributed by atoms with Gasteiger partial charge in [-0.1, -0.05) is 0 Å². The first-order chi connectivity index (χ1) is 9.85. The molecule has 2 heterocycles. The Morgan fingerprint density at radius 1 is 1.24 bits per heavy atom. The molecular formula is C16H30N2O3. The summed E-state index contributed by atoms with van der Waals surface area (Å²) in [7, 11) is 0. The summed E-state index contributed by atoms with van der Waals surface area (Å²) < 4.78 is 11.1. The molecule has 0 radical (unpaired) electrons. The van der Waals surface area contributed by atoms with Gasteiger partial charge in [-0.25, -0.2) is 4.79 Å². The molecule has 2 saturated heterocycles. The standard InChI is InChI=1S/C16H30N2O3/c1-12-14(8-11-20-12)17-13-6-5-9-18(10-7-13)15(19)21-16(2,3)4/h12-14,17H,5-11H2,1-4H3/t12-,13-,14+/m0/s1. The third kappa shape index (κ3) is 5.15. The summed E-state index contributed by atoms with van der Waals surface area (Å²) >= 11 is 0. The zero-order valence-electron chi connectivity index (χ0n) is 13.9. The molecule has 0 spiro atoms. The molecule has 2 fully saturated rings. The summed E-state index contributed by atoms with van der Waals surface area (Å²) in [5, 5.41) is 3.71. The third-order valence-electron chi connectivity index (χ3n) is 4.21. The number of likely N-dealkylation sites (tertiary alicyclic amines) is 1. The molecule has 2 rings (SSSR count). The van der Waals surface area contributed by atoms with Crippen LogP contribution in [0.1, 0.15) is 53.4 Å². The van der Waals surface area contributed by atoms with Crippen molar-refractivity contribution in [2.75, 3.05) is 19.7 Å². The summed E-state index contributed by atoms with van der Waals surface area (Å²) in [4.78, 5) is 14.0. The monoisotopic (exact) mass is 298 g/mol. The summed E-state index contributed by atoms with van der Waals surface area (Å²) in [6.07, 6.45) is 4.34. The van der Waals surface area contributed by atoms with Crippen molar-refractivity contribution >= 4 is 6.09 Å². The fourth-order valence-corrected chi connectivity index (χ4v) is 3.03. The molecule has 5 nitrogen and oxygen atoms in total. The van der Waals surface area contributed by atoms with Crippen LogP contribution >= 0.6 is 0 Å². The highest BCUT2D eigenvalue weighted by atomic mass is 16.6. The average Bonchev–Trinajstić information content (AvgIpc) is 2.62. The van der Waals surface area contributed by atoms with Gasteiger partial charge in [-0.3, -0.25) is 0 Å². The van der Waals surface area contributed by atoms with Gasteiger partial charge in [0.15, 0.2) is 0 Å². The average molecular weight is 298 g/mol. The first-order valence-electron chi connectivity index (χ1n) is 8.21. The maximum atomic E-state index is 12.1. The second-order valence-electron chi connectivity index (χ2n) is 7.23. The molecule has 0 aliphatic carbocycles. The summed E-state index contributed by atoms with van der Waals surface area (Å²) in [5.41, 5.74) is -0.419. The van der Waals surface area contributed by atoms with Crippen LogP contribution in [-0.2, 0) is 9.47 Å². The largest absolute Gasteiger partial charge is 0.444 e. The second-order valence-corrected chi connectivity index (χ2v) is 7.23. The van der Waals surface area contributed by atoms with Crippen molar-refractivity contribution in [3.63, 3.8) is 0 Å². The summed E-state index contributed by atoms with van der Waals surface area (Å²) in [6, 6.07) is 0.940. The van der Waals surface area contributed by atoms with Crippen LogP contribution in [0.25, 0.3) is 0 Å². The van der Waals surface area contributed by atoms with Crippen molar-refractivity contribution in [1.82, 2.24) is 10.2 Å². The van der Waals surface area contributed by atoms with Gasteiger partial charge >= 0.3 is 6.09 Å². The number of hydrogen-bond acceptors (Lipinski definition) is 4. The lowest BCUT2D eigenvalue weighted by atomic mass is 10.1. The molecule has 3 atom stereocenters. The van der Waals surface area contributed by atoms with Crippen LogP contribution in [0.2, 0.25) is 0 Å². The van der Waals surface area contributed by atoms with E-state index >= 15 is 0 Å². The zero-order chi connectivity index (χ0) is 15.5. The molecule has 21 heavy (non-hydrogen) atoms. The van der Waals surface area contributed by atoms with Crippen molar-refractivity contribution in [2.24, 2.45) is 0 Å². The van der Waals surface area contributed by atoms with Crippen molar-refractivity contribution in [1.29, 1.82) is 0 Å². The smallest absolute Gasteiger partial charge is 0.410 e. The quantitative estimate of drug-likeness (QED) is 0.851. The lowest BCUT2D eigenvalue weighted by Crippen LogP contribution is -2.43. The second kappa shape index (κ2) is 6.97. The normalized spacial score (nSPS) is 31.0. The summed E-state index contributed by atoms with van der Waals surface area (Å²) in [6.45, 7) is 10.3. The molecule has 5 heteroatoms. The highest BCUT2D eigenvalue weighted by molar-refractivity contribution is 5.68. The van der Waals surface area contributed by atoms with E-state index in [0.717, 1.165) is 45.4 Å². The van der Waals surface area contributed by atoms with E-state index < -0.39 is 5.60 Å². The fourth-order valence-electron chi connectivity index (χ4n) is 3.03. The summed E-state index contributed by atoms with van der Waals surface area (Å²) in [5.74, 6) is 0. The Morgan fingerprint density at radius 2 is 2.00 bits per heavy atom. The lowest BCUT2D eigenvalue weighted by Gasteiger charge is -2.27. The SMILES string of the molecule is C[C@@H]1OCC[C@H]1N[C@H]1CCCN(C(=O)OC(C)(C)C)CC1. The van der Waals surface area contributed by atoms with Gasteiger partial charge < -0.3 is 19.7 Å². The molecular weight excluding hydrogens is 268 g/mol. The number of amides is 1. The van der Waals surface area contributed by atoms with Crippen LogP contribution in [0.3, 0.4) is 0 Å². The number of nitrogens with one attached hydrogen (secondary N) is 1. The zero-order valence-corrected chi connectivity index (χ0v) is 13.9. The Morgan fingerprint density at radius 3 is 2.62 bits per heavy atom. The van der Waals surface area contributed by atoms with Gasteiger partial charge in [-0.05, 0) is 53.4 Å². The lowest BCUT2D eigenvalue weighted by molar-refractivity contribution is 0.0255. The van der Waals surface area contributed by atoms with Crippen LogP contribution < -0.4 is 5.32 Å². The Bertz CT molecular complexity index is 354. The van der Waals surface area contributed by atoms with Crippen molar-refractivity contribution in [3.8, 4) is 0 Å². The molecule has 0 unspecified atom stereocenters. The minimum absolute atomic E-state index is 0.180. The number of carbonyl (C=O) groups is 1. The van der Waals surface area contributed by atoms with Crippen LogP contribution in [0.4, 0.5) is 4.79 Å². The molecule has 0 aromatic carbocycles. The Hall–Kier alpha value is -0.810. The topological polar surface area (TPSA) is 50.8 Å². The molecule has 122 valence electrons. The van der Waals surface area contributed by atoms with E-state index in [0.29, 0.717) is 18.2 Å². The van der Waals surface area contributed by atoms with Gasteiger partial charge in [0.2, 0.25) is 0 Å². The van der Waals surface area contributed by atoms with E-state index in [1.54, 1.807) is 0 Å². The van der Waals surface area contributed by atoms with Crippen LogP contribution in [0.5, 0.6) is 0 Å². The molecule has 1 amide bonds. The van der Waals surface area contributed by atoms with E-state index in [2.05, 4.69) is 12.2 Å². The van der Waals surface area contributed by atoms with E-state index in [4.69, 9.17) is 9.47 Å². The van der Waals surface area contributed by atoms with Crippen LogP contribution in [0, 0.1) is 0 Å². The van der Waals surface area contributed by atoms with Crippen molar-refractivity contribution in [3.05, 3.63) is 0 Å². The number of nitrogens with zero attached hydrogens (tertiary/aromatic N) is 1.